The van der Waals surface area contributed by atoms with Crippen molar-refractivity contribution in [2.45, 2.75) is 37.9 Å². The molecule has 1 aliphatic heterocycles. The smallest absolute Gasteiger partial charge is 0.356 e. The molecule has 2 rings (SSSR count). The fourth-order valence-electron chi connectivity index (χ4n) is 2.73. The Morgan fingerprint density at radius 2 is 2.19 bits per heavy atom. The molecule has 0 saturated carbocycles. The molecule has 0 bridgehead atoms. The molecule has 1 fully saturated rings. The number of hydrogen-bond donors (Lipinski definition) is 2. The Hall–Kier alpha value is -0.970. The lowest BCUT2D eigenvalue weighted by Gasteiger charge is -2.20. The number of alkyl halides is 3. The Bertz CT molecular complexity index is 585. The second kappa shape index (κ2) is 11.0. The van der Waals surface area contributed by atoms with Gasteiger partial charge in [0.1, 0.15) is 5.82 Å². The number of anilines is 1. The molecule has 26 heavy (non-hydrogen) atoms. The summed E-state index contributed by atoms with van der Waals surface area (Å²) in [5.74, 6) is 1.37. The van der Waals surface area contributed by atoms with Crippen LogP contribution in [0.4, 0.5) is 19.0 Å². The third kappa shape index (κ3) is 7.73. The van der Waals surface area contributed by atoms with Crippen molar-refractivity contribution in [2.75, 3.05) is 31.6 Å². The predicted molar refractivity (Wildman–Crippen MR) is 110 cm³/mol. The second-order valence-corrected chi connectivity index (χ2v) is 6.36. The van der Waals surface area contributed by atoms with E-state index in [1.807, 2.05) is 6.07 Å². The zero-order chi connectivity index (χ0) is 18.3. The zero-order valence-electron chi connectivity index (χ0n) is 14.5. The van der Waals surface area contributed by atoms with Gasteiger partial charge in [-0.3, -0.25) is 4.99 Å². The zero-order valence-corrected chi connectivity index (χ0v) is 17.6. The predicted octanol–water partition coefficient (Wildman–Crippen LogP) is 3.83. The molecule has 1 atom stereocenters. The molecule has 1 aliphatic rings. The van der Waals surface area contributed by atoms with Crippen LogP contribution in [0.25, 0.3) is 0 Å². The van der Waals surface area contributed by atoms with Gasteiger partial charge in [-0.25, -0.2) is 4.98 Å². The normalized spacial score (nSPS) is 17.8. The van der Waals surface area contributed by atoms with E-state index in [1.165, 1.54) is 0 Å². The molecule has 2 N–H and O–H groups in total. The summed E-state index contributed by atoms with van der Waals surface area (Å²) in [6, 6.07) is 3.79. The number of rotatable bonds is 6. The van der Waals surface area contributed by atoms with Crippen molar-refractivity contribution in [2.24, 2.45) is 4.99 Å². The van der Waals surface area contributed by atoms with Crippen LogP contribution in [0.3, 0.4) is 0 Å². The third-order valence-electron chi connectivity index (χ3n) is 3.97. The summed E-state index contributed by atoms with van der Waals surface area (Å²) in [6.07, 6.45) is -1.66. The number of halogens is 5. The summed E-state index contributed by atoms with van der Waals surface area (Å²) in [5.41, 5.74) is 0. The first kappa shape index (κ1) is 23.1. The van der Waals surface area contributed by atoms with Crippen LogP contribution in [0, 0.1) is 0 Å². The largest absolute Gasteiger partial charge is 0.389 e. The number of nitrogens with one attached hydrogen (secondary N) is 2. The number of pyridine rings is 1. The number of hydrogen-bond acceptors (Lipinski definition) is 3. The highest BCUT2D eigenvalue weighted by atomic mass is 127. The van der Waals surface area contributed by atoms with Gasteiger partial charge in [0.2, 0.25) is 0 Å². The van der Waals surface area contributed by atoms with Gasteiger partial charge in [0.25, 0.3) is 0 Å². The number of aromatic nitrogens is 1. The van der Waals surface area contributed by atoms with Crippen molar-refractivity contribution in [3.05, 3.63) is 23.4 Å². The summed E-state index contributed by atoms with van der Waals surface area (Å²) in [6.45, 7) is 2.03. The highest BCUT2D eigenvalue weighted by Crippen LogP contribution is 2.25. The minimum atomic E-state index is -4.08. The lowest BCUT2D eigenvalue weighted by molar-refractivity contribution is -0.135. The average molecular weight is 506 g/mol. The maximum absolute atomic E-state index is 12.1. The topological polar surface area (TPSA) is 52.6 Å². The number of nitrogens with zero attached hydrogens (tertiary/aromatic N) is 3. The van der Waals surface area contributed by atoms with Crippen LogP contribution in [0.15, 0.2) is 23.3 Å². The van der Waals surface area contributed by atoms with Crippen LogP contribution >= 0.6 is 35.6 Å². The first-order valence-electron chi connectivity index (χ1n) is 8.28. The van der Waals surface area contributed by atoms with Crippen LogP contribution < -0.4 is 15.5 Å². The number of aliphatic imine (C=N–C) groups is 1. The van der Waals surface area contributed by atoms with Crippen LogP contribution in [0.2, 0.25) is 5.02 Å². The molecule has 1 aromatic heterocycles. The van der Waals surface area contributed by atoms with Gasteiger partial charge in [0.05, 0.1) is 5.02 Å². The van der Waals surface area contributed by atoms with Crippen molar-refractivity contribution in [1.82, 2.24) is 15.6 Å². The van der Waals surface area contributed by atoms with Gasteiger partial charge in [-0.2, -0.15) is 13.2 Å². The lowest BCUT2D eigenvalue weighted by Crippen LogP contribution is -2.44. The van der Waals surface area contributed by atoms with Crippen LogP contribution in [-0.2, 0) is 0 Å². The molecule has 5 nitrogen and oxygen atoms in total. The van der Waals surface area contributed by atoms with E-state index < -0.39 is 12.6 Å². The summed E-state index contributed by atoms with van der Waals surface area (Å²) >= 11 is 6.17. The molecule has 1 saturated heterocycles. The molecule has 1 aromatic rings. The van der Waals surface area contributed by atoms with Gasteiger partial charge in [-0.05, 0) is 31.4 Å². The molecule has 0 spiro atoms. The highest BCUT2D eigenvalue weighted by Gasteiger charge is 2.26. The second-order valence-electron chi connectivity index (χ2n) is 5.96. The standard InChI is InChI=1S/C16H23ClF3N5.HI/c1-21-15(23-8-3-2-7-16(18,19)20)24-12-6-10-25(11-12)14-13(17)5-4-9-22-14;/h4-5,9,12H,2-3,6-8,10-11H2,1H3,(H2,21,23,24);1H. The summed E-state index contributed by atoms with van der Waals surface area (Å²) in [7, 11) is 1.65. The van der Waals surface area contributed by atoms with Gasteiger partial charge >= 0.3 is 6.18 Å². The quantitative estimate of drug-likeness (QED) is 0.267. The fourth-order valence-corrected chi connectivity index (χ4v) is 2.97. The molecule has 0 aliphatic carbocycles. The highest BCUT2D eigenvalue weighted by molar-refractivity contribution is 14.0. The first-order chi connectivity index (χ1) is 11.9. The van der Waals surface area contributed by atoms with E-state index in [2.05, 4.69) is 25.5 Å². The van der Waals surface area contributed by atoms with Crippen molar-refractivity contribution < 1.29 is 13.2 Å². The maximum Gasteiger partial charge on any atom is 0.389 e. The van der Waals surface area contributed by atoms with Crippen molar-refractivity contribution in [1.29, 1.82) is 0 Å². The third-order valence-corrected chi connectivity index (χ3v) is 4.27. The van der Waals surface area contributed by atoms with E-state index >= 15 is 0 Å². The summed E-state index contributed by atoms with van der Waals surface area (Å²) < 4.78 is 36.3. The first-order valence-corrected chi connectivity index (χ1v) is 8.66. The Balaban J connectivity index is 0.00000338. The molecular formula is C16H24ClF3IN5. The molecule has 1 unspecified atom stereocenters. The molecular weight excluding hydrogens is 482 g/mol. The average Bonchev–Trinajstić information content (AvgIpc) is 3.01. The Morgan fingerprint density at radius 3 is 2.85 bits per heavy atom. The molecule has 2 heterocycles. The van der Waals surface area contributed by atoms with Crippen molar-refractivity contribution >= 4 is 47.4 Å². The van der Waals surface area contributed by atoms with E-state index in [0.29, 0.717) is 23.9 Å². The number of unbranched alkanes of at least 4 members (excludes halogenated alkanes) is 1. The van der Waals surface area contributed by atoms with Gasteiger partial charge in [0, 0.05) is 45.3 Å². The van der Waals surface area contributed by atoms with Gasteiger partial charge in [0.15, 0.2) is 5.96 Å². The maximum atomic E-state index is 12.1. The van der Waals surface area contributed by atoms with E-state index in [-0.39, 0.29) is 36.4 Å². The number of guanidine groups is 1. The Labute approximate surface area is 173 Å². The summed E-state index contributed by atoms with van der Waals surface area (Å²) in [4.78, 5) is 10.5. The minimum Gasteiger partial charge on any atom is -0.356 e. The Morgan fingerprint density at radius 1 is 1.42 bits per heavy atom. The van der Waals surface area contributed by atoms with Gasteiger partial charge in [-0.15, -0.1) is 24.0 Å². The van der Waals surface area contributed by atoms with Crippen LogP contribution in [-0.4, -0.2) is 49.8 Å². The van der Waals surface area contributed by atoms with E-state index in [0.717, 1.165) is 25.3 Å². The summed E-state index contributed by atoms with van der Waals surface area (Å²) in [5, 5.41) is 6.98. The van der Waals surface area contributed by atoms with Crippen molar-refractivity contribution in [3.8, 4) is 0 Å². The molecule has 0 amide bonds. The molecule has 148 valence electrons. The molecule has 10 heteroatoms. The Kier molecular flexibility index (Phi) is 9.77. The van der Waals surface area contributed by atoms with Crippen LogP contribution in [0.5, 0.6) is 0 Å². The molecule has 0 radical (unpaired) electrons. The van der Waals surface area contributed by atoms with Crippen LogP contribution in [0.1, 0.15) is 25.7 Å². The van der Waals surface area contributed by atoms with Gasteiger partial charge < -0.3 is 15.5 Å². The van der Waals surface area contributed by atoms with Gasteiger partial charge in [-0.1, -0.05) is 11.6 Å². The fraction of sp³-hybridized carbons (Fsp3) is 0.625. The molecule has 0 aromatic carbocycles. The van der Waals surface area contributed by atoms with E-state index in [4.69, 9.17) is 11.6 Å². The SMILES string of the molecule is CN=C(NCCCCC(F)(F)F)NC1CCN(c2ncccc2Cl)C1.I. The van der Waals surface area contributed by atoms with E-state index in [1.54, 1.807) is 19.3 Å². The lowest BCUT2D eigenvalue weighted by atomic mass is 10.2. The minimum absolute atomic E-state index is 0. The van der Waals surface area contributed by atoms with E-state index in [9.17, 15) is 13.2 Å². The monoisotopic (exact) mass is 505 g/mol. The van der Waals surface area contributed by atoms with Crippen molar-refractivity contribution in [3.63, 3.8) is 0 Å².